The molecule has 1 aromatic heterocycles. The van der Waals surface area contributed by atoms with Crippen LogP contribution in [0, 0.1) is 17.7 Å². The summed E-state index contributed by atoms with van der Waals surface area (Å²) in [7, 11) is 0. The largest absolute Gasteiger partial charge is 0.342 e. The lowest BCUT2D eigenvalue weighted by atomic mass is 9.84. The van der Waals surface area contributed by atoms with Crippen molar-refractivity contribution in [3.63, 3.8) is 0 Å². The van der Waals surface area contributed by atoms with Gasteiger partial charge in [-0.05, 0) is 48.6 Å². The minimum absolute atomic E-state index is 0.0776. The van der Waals surface area contributed by atoms with Gasteiger partial charge in [0.1, 0.15) is 11.7 Å². The number of nitrogens with zero attached hydrogens (tertiary/aromatic N) is 4. The minimum Gasteiger partial charge on any atom is -0.342 e. The van der Waals surface area contributed by atoms with E-state index in [0.29, 0.717) is 25.4 Å². The van der Waals surface area contributed by atoms with Crippen molar-refractivity contribution in [2.24, 2.45) is 16.8 Å². The summed E-state index contributed by atoms with van der Waals surface area (Å²) < 4.78 is 15.6. The third kappa shape index (κ3) is 4.11. The number of hydrogen-bond acceptors (Lipinski definition) is 4. The quantitative estimate of drug-likeness (QED) is 0.662. The third-order valence-electron chi connectivity index (χ3n) is 6.74. The zero-order valence-corrected chi connectivity index (χ0v) is 18.3. The van der Waals surface area contributed by atoms with Crippen molar-refractivity contribution in [2.75, 3.05) is 24.5 Å². The number of fused-ring (bicyclic) bond motifs is 1. The number of anilines is 1. The van der Waals surface area contributed by atoms with Gasteiger partial charge in [-0.15, -0.1) is 0 Å². The zero-order chi connectivity index (χ0) is 22.1. The van der Waals surface area contributed by atoms with Gasteiger partial charge in [-0.25, -0.2) is 9.37 Å². The van der Waals surface area contributed by atoms with E-state index in [1.807, 2.05) is 30.3 Å². The summed E-state index contributed by atoms with van der Waals surface area (Å²) in [4.78, 5) is 23.6. The number of aliphatic imine (C=N–C) groups is 1. The lowest BCUT2D eigenvalue weighted by Crippen LogP contribution is -2.44. The molecule has 1 unspecified atom stereocenters. The highest BCUT2D eigenvalue weighted by molar-refractivity contribution is 6.01. The Balaban J connectivity index is 1.35. The van der Waals surface area contributed by atoms with Crippen LogP contribution in [0.5, 0.6) is 0 Å². The van der Waals surface area contributed by atoms with Crippen LogP contribution >= 0.6 is 0 Å². The third-order valence-corrected chi connectivity index (χ3v) is 6.74. The van der Waals surface area contributed by atoms with E-state index in [-0.39, 0.29) is 17.6 Å². The first-order valence-electron chi connectivity index (χ1n) is 11.4. The predicted molar refractivity (Wildman–Crippen MR) is 124 cm³/mol. The van der Waals surface area contributed by atoms with Gasteiger partial charge in [-0.3, -0.25) is 9.79 Å². The van der Waals surface area contributed by atoms with E-state index in [1.54, 1.807) is 0 Å². The normalized spacial score (nSPS) is 18.5. The summed E-state index contributed by atoms with van der Waals surface area (Å²) >= 11 is 0. The Bertz CT molecular complexity index is 1140. The Morgan fingerprint density at radius 3 is 2.62 bits per heavy atom. The number of rotatable bonds is 5. The Morgan fingerprint density at radius 2 is 1.88 bits per heavy atom. The fraction of sp³-hybridized carbons (Fsp3) is 0.400. The summed E-state index contributed by atoms with van der Waals surface area (Å²) in [6.45, 7) is 5.23. The number of benzene rings is 2. The lowest BCUT2D eigenvalue weighted by molar-refractivity contribution is -0.119. The number of amides is 1. The van der Waals surface area contributed by atoms with Gasteiger partial charge < -0.3 is 14.8 Å². The molecular formula is C25H28FN5O. The molecule has 1 saturated heterocycles. The predicted octanol–water partition coefficient (Wildman–Crippen LogP) is 3.99. The van der Waals surface area contributed by atoms with Gasteiger partial charge in [0, 0.05) is 32.0 Å². The maximum absolute atomic E-state index is 13.4. The Hall–Kier alpha value is -3.22. The van der Waals surface area contributed by atoms with E-state index in [2.05, 4.69) is 32.8 Å². The van der Waals surface area contributed by atoms with Gasteiger partial charge in [0.2, 0.25) is 11.9 Å². The van der Waals surface area contributed by atoms with Crippen molar-refractivity contribution in [1.29, 1.82) is 0 Å². The van der Waals surface area contributed by atoms with E-state index in [4.69, 9.17) is 4.98 Å². The number of piperidine rings is 1. The zero-order valence-electron chi connectivity index (χ0n) is 18.3. The summed E-state index contributed by atoms with van der Waals surface area (Å²) in [5.74, 6) is 2.40. The average Bonchev–Trinajstić information content (AvgIpc) is 3.18. The lowest BCUT2D eigenvalue weighted by Gasteiger charge is -2.36. The van der Waals surface area contributed by atoms with Crippen LogP contribution in [0.15, 0.2) is 53.5 Å². The van der Waals surface area contributed by atoms with Crippen molar-refractivity contribution >= 4 is 28.7 Å². The second-order valence-corrected chi connectivity index (χ2v) is 8.79. The van der Waals surface area contributed by atoms with Crippen LogP contribution in [-0.4, -0.2) is 40.9 Å². The molecule has 0 saturated carbocycles. The van der Waals surface area contributed by atoms with E-state index >= 15 is 0 Å². The molecule has 2 aliphatic rings. The fourth-order valence-electron chi connectivity index (χ4n) is 4.84. The van der Waals surface area contributed by atoms with Crippen molar-refractivity contribution in [3.8, 4) is 0 Å². The molecule has 1 fully saturated rings. The van der Waals surface area contributed by atoms with Gasteiger partial charge >= 0.3 is 0 Å². The number of imidazole rings is 1. The van der Waals surface area contributed by atoms with Crippen molar-refractivity contribution in [2.45, 2.75) is 32.7 Å². The van der Waals surface area contributed by atoms with Gasteiger partial charge in [0.15, 0.2) is 0 Å². The molecular weight excluding hydrogens is 405 g/mol. The second-order valence-electron chi connectivity index (χ2n) is 8.79. The molecule has 1 atom stereocenters. The van der Waals surface area contributed by atoms with E-state index in [0.717, 1.165) is 54.3 Å². The van der Waals surface area contributed by atoms with E-state index < -0.39 is 0 Å². The molecule has 0 radical (unpaired) electrons. The van der Waals surface area contributed by atoms with Crippen LogP contribution in [0.2, 0.25) is 0 Å². The topological polar surface area (TPSA) is 62.5 Å². The Labute approximate surface area is 187 Å². The first-order valence-corrected chi connectivity index (χ1v) is 11.4. The number of aromatic nitrogens is 2. The molecule has 0 spiro atoms. The van der Waals surface area contributed by atoms with Crippen molar-refractivity contribution in [3.05, 3.63) is 59.9 Å². The second kappa shape index (κ2) is 8.73. The fourth-order valence-corrected chi connectivity index (χ4v) is 4.84. The molecule has 32 heavy (non-hydrogen) atoms. The SMILES string of the molecule is CC(C1=NCCC(=O)N1)C1CCN(c2nc3ccccc3n2Cc2ccc(F)cc2)CC1. The molecule has 0 aliphatic carbocycles. The highest BCUT2D eigenvalue weighted by Crippen LogP contribution is 2.31. The smallest absolute Gasteiger partial charge is 0.227 e. The first kappa shape index (κ1) is 20.7. The van der Waals surface area contributed by atoms with Crippen LogP contribution in [0.25, 0.3) is 11.0 Å². The maximum atomic E-state index is 13.4. The summed E-state index contributed by atoms with van der Waals surface area (Å²) in [5.41, 5.74) is 3.10. The van der Waals surface area contributed by atoms with Crippen LogP contribution in [0.3, 0.4) is 0 Å². The number of carbonyl (C=O) groups excluding carboxylic acids is 1. The molecule has 0 bridgehead atoms. The summed E-state index contributed by atoms with van der Waals surface area (Å²) in [6.07, 6.45) is 2.53. The van der Waals surface area contributed by atoms with Crippen LogP contribution < -0.4 is 10.2 Å². The Morgan fingerprint density at radius 1 is 1.12 bits per heavy atom. The van der Waals surface area contributed by atoms with Gasteiger partial charge in [-0.1, -0.05) is 31.2 Å². The van der Waals surface area contributed by atoms with Crippen molar-refractivity contribution in [1.82, 2.24) is 14.9 Å². The maximum Gasteiger partial charge on any atom is 0.227 e. The van der Waals surface area contributed by atoms with Crippen LogP contribution in [0.1, 0.15) is 31.7 Å². The number of hydrogen-bond donors (Lipinski definition) is 1. The first-order chi connectivity index (χ1) is 15.6. The molecule has 2 aliphatic heterocycles. The van der Waals surface area contributed by atoms with Gasteiger partial charge in [0.05, 0.1) is 17.6 Å². The van der Waals surface area contributed by atoms with Gasteiger partial charge in [0.25, 0.3) is 0 Å². The number of amidine groups is 1. The molecule has 2 aromatic carbocycles. The van der Waals surface area contributed by atoms with Crippen LogP contribution in [0.4, 0.5) is 10.3 Å². The molecule has 3 heterocycles. The molecule has 166 valence electrons. The number of carbonyl (C=O) groups is 1. The average molecular weight is 434 g/mol. The van der Waals surface area contributed by atoms with Crippen LogP contribution in [-0.2, 0) is 11.3 Å². The molecule has 5 rings (SSSR count). The van der Waals surface area contributed by atoms with E-state index in [1.165, 1.54) is 12.1 Å². The van der Waals surface area contributed by atoms with Gasteiger partial charge in [-0.2, -0.15) is 0 Å². The number of nitrogens with one attached hydrogen (secondary N) is 1. The van der Waals surface area contributed by atoms with E-state index in [9.17, 15) is 9.18 Å². The molecule has 3 aromatic rings. The molecule has 7 heteroatoms. The number of halogens is 1. The highest BCUT2D eigenvalue weighted by atomic mass is 19.1. The monoisotopic (exact) mass is 433 g/mol. The Kier molecular flexibility index (Phi) is 5.64. The summed E-state index contributed by atoms with van der Waals surface area (Å²) in [5, 5.41) is 2.97. The molecule has 1 amide bonds. The standard InChI is InChI=1S/C25H28FN5O/c1-17(24-27-13-10-23(32)29-24)19-11-14-30(15-12-19)25-28-21-4-2-3-5-22(21)31(25)16-18-6-8-20(26)9-7-18/h2-9,17,19H,10-16H2,1H3,(H,27,29,32). The molecule has 6 nitrogen and oxygen atoms in total. The summed E-state index contributed by atoms with van der Waals surface area (Å²) in [6, 6.07) is 14.9. The molecule has 1 N–H and O–H groups in total. The minimum atomic E-state index is -0.223. The van der Waals surface area contributed by atoms with Crippen molar-refractivity contribution < 1.29 is 9.18 Å². The number of para-hydroxylation sites is 2. The highest BCUT2D eigenvalue weighted by Gasteiger charge is 2.30.